The van der Waals surface area contributed by atoms with Crippen LogP contribution in [-0.2, 0) is 24.3 Å². The lowest BCUT2D eigenvalue weighted by molar-refractivity contribution is -0.125. The third kappa shape index (κ3) is 5.77. The van der Waals surface area contributed by atoms with Gasteiger partial charge in [-0.2, -0.15) is 4.31 Å². The summed E-state index contributed by atoms with van der Waals surface area (Å²) in [6, 6.07) is 4.40. The van der Waals surface area contributed by atoms with Gasteiger partial charge in [0.25, 0.3) is 5.91 Å². The Labute approximate surface area is 189 Å². The number of carbonyl (C=O) groups excluding carboxylic acids is 2. The highest BCUT2D eigenvalue weighted by Crippen LogP contribution is 2.35. The van der Waals surface area contributed by atoms with E-state index in [1.165, 1.54) is 27.4 Å². The van der Waals surface area contributed by atoms with Crippen LogP contribution in [0.5, 0.6) is 5.75 Å². The van der Waals surface area contributed by atoms with Crippen LogP contribution in [-0.4, -0.2) is 95.1 Å². The summed E-state index contributed by atoms with van der Waals surface area (Å²) in [6.07, 6.45) is 0.809. The molecule has 1 N–H and O–H groups in total. The van der Waals surface area contributed by atoms with Gasteiger partial charge < -0.3 is 19.7 Å². The Morgan fingerprint density at radius 1 is 1.19 bits per heavy atom. The Morgan fingerprint density at radius 2 is 1.91 bits per heavy atom. The second-order valence-corrected chi connectivity index (χ2v) is 9.58. The number of hydrogen-bond donors (Lipinski definition) is 1. The number of fused-ring (bicyclic) bond motifs is 1. The van der Waals surface area contributed by atoms with Crippen LogP contribution in [0.4, 0.5) is 5.69 Å². The molecule has 0 bridgehead atoms. The number of nitrogens with zero attached hydrogens (tertiary/aromatic N) is 3. The molecule has 1 saturated heterocycles. The van der Waals surface area contributed by atoms with Crippen molar-refractivity contribution in [3.63, 3.8) is 0 Å². The molecule has 2 heterocycles. The van der Waals surface area contributed by atoms with Gasteiger partial charge in [-0.3, -0.25) is 14.5 Å². The molecule has 0 unspecified atom stereocenters. The van der Waals surface area contributed by atoms with Crippen LogP contribution in [0.1, 0.15) is 20.3 Å². The smallest absolute Gasteiger partial charge is 0.265 e. The minimum absolute atomic E-state index is 0.0566. The van der Waals surface area contributed by atoms with E-state index in [1.54, 1.807) is 0 Å². The third-order valence-corrected chi connectivity index (χ3v) is 7.55. The minimum Gasteiger partial charge on any atom is -0.482 e. The number of hydrogen-bond acceptors (Lipinski definition) is 7. The van der Waals surface area contributed by atoms with E-state index in [2.05, 4.69) is 24.1 Å². The first-order chi connectivity index (χ1) is 15.4. The van der Waals surface area contributed by atoms with E-state index < -0.39 is 15.9 Å². The van der Waals surface area contributed by atoms with E-state index in [-0.39, 0.29) is 42.7 Å². The molecule has 1 aromatic carbocycles. The number of sulfonamides is 1. The lowest BCUT2D eigenvalue weighted by Gasteiger charge is -2.30. The summed E-state index contributed by atoms with van der Waals surface area (Å²) >= 11 is 0. The van der Waals surface area contributed by atoms with Crippen LogP contribution >= 0.6 is 0 Å². The zero-order valence-electron chi connectivity index (χ0n) is 18.7. The molecule has 11 heteroatoms. The summed E-state index contributed by atoms with van der Waals surface area (Å²) in [7, 11) is -3.74. The van der Waals surface area contributed by atoms with E-state index in [9.17, 15) is 18.0 Å². The summed E-state index contributed by atoms with van der Waals surface area (Å²) in [6.45, 7) is 8.33. The largest absolute Gasteiger partial charge is 0.482 e. The summed E-state index contributed by atoms with van der Waals surface area (Å²) < 4.78 is 38.1. The fourth-order valence-electron chi connectivity index (χ4n) is 3.72. The first-order valence-corrected chi connectivity index (χ1v) is 12.4. The van der Waals surface area contributed by atoms with Crippen LogP contribution in [0.2, 0.25) is 0 Å². The van der Waals surface area contributed by atoms with Gasteiger partial charge in [0.1, 0.15) is 12.3 Å². The van der Waals surface area contributed by atoms with E-state index in [0.717, 1.165) is 26.1 Å². The van der Waals surface area contributed by atoms with Crippen molar-refractivity contribution in [3.05, 3.63) is 18.2 Å². The quantitative estimate of drug-likeness (QED) is 0.492. The van der Waals surface area contributed by atoms with Gasteiger partial charge >= 0.3 is 0 Å². The molecule has 0 spiro atoms. The van der Waals surface area contributed by atoms with Crippen molar-refractivity contribution in [1.82, 2.24) is 14.5 Å². The van der Waals surface area contributed by atoms with Crippen molar-refractivity contribution in [1.29, 1.82) is 0 Å². The lowest BCUT2D eigenvalue weighted by atomic mass is 10.2. The summed E-state index contributed by atoms with van der Waals surface area (Å²) in [5.74, 6) is -0.316. The first kappa shape index (κ1) is 24.4. The summed E-state index contributed by atoms with van der Waals surface area (Å²) in [4.78, 5) is 28.6. The van der Waals surface area contributed by atoms with Crippen LogP contribution in [0, 0.1) is 0 Å². The third-order valence-electron chi connectivity index (χ3n) is 5.65. The van der Waals surface area contributed by atoms with Crippen molar-refractivity contribution < 1.29 is 27.5 Å². The van der Waals surface area contributed by atoms with Gasteiger partial charge in [0.2, 0.25) is 15.9 Å². The van der Waals surface area contributed by atoms with Crippen LogP contribution in [0.3, 0.4) is 0 Å². The summed E-state index contributed by atoms with van der Waals surface area (Å²) in [5.41, 5.74) is 0.286. The van der Waals surface area contributed by atoms with E-state index in [1.807, 2.05) is 0 Å². The van der Waals surface area contributed by atoms with E-state index >= 15 is 0 Å². The highest BCUT2D eigenvalue weighted by molar-refractivity contribution is 7.89. The Kier molecular flexibility index (Phi) is 8.46. The number of ether oxygens (including phenoxy) is 2. The van der Waals surface area contributed by atoms with Gasteiger partial charge in [-0.25, -0.2) is 8.42 Å². The van der Waals surface area contributed by atoms with Crippen LogP contribution in [0.15, 0.2) is 23.1 Å². The molecule has 2 amide bonds. The fraction of sp³-hybridized carbons (Fsp3) is 0.619. The first-order valence-electron chi connectivity index (χ1n) is 11.0. The topological polar surface area (TPSA) is 108 Å². The number of benzene rings is 1. The molecule has 0 radical (unpaired) electrons. The number of carbonyl (C=O) groups is 2. The predicted molar refractivity (Wildman–Crippen MR) is 119 cm³/mol. The maximum absolute atomic E-state index is 13.0. The van der Waals surface area contributed by atoms with Gasteiger partial charge in [-0.15, -0.1) is 0 Å². The van der Waals surface area contributed by atoms with Crippen molar-refractivity contribution in [2.24, 2.45) is 0 Å². The lowest BCUT2D eigenvalue weighted by Crippen LogP contribution is -2.45. The number of morpholine rings is 1. The zero-order valence-corrected chi connectivity index (χ0v) is 19.5. The molecule has 32 heavy (non-hydrogen) atoms. The number of nitrogens with one attached hydrogen (secondary N) is 1. The average Bonchev–Trinajstić information content (AvgIpc) is 2.81. The Balaban J connectivity index is 1.69. The standard InChI is InChI=1S/C21H32N4O6S/c1-3-23(4-2)9-5-8-22-20(26)15-25-18-14-17(6-7-19(18)31-16-21(25)27)32(28,29)24-10-12-30-13-11-24/h6-7,14H,3-5,8-13,15-16H2,1-2H3,(H,22,26). The normalized spacial score (nSPS) is 17.2. The predicted octanol–water partition coefficient (Wildman–Crippen LogP) is 0.281. The van der Waals surface area contributed by atoms with Crippen molar-refractivity contribution >= 4 is 27.5 Å². The Morgan fingerprint density at radius 3 is 2.59 bits per heavy atom. The molecule has 2 aliphatic rings. The second kappa shape index (κ2) is 11.1. The molecule has 3 rings (SSSR count). The van der Waals surface area contributed by atoms with Crippen molar-refractivity contribution in [3.8, 4) is 5.75 Å². The van der Waals surface area contributed by atoms with E-state index in [4.69, 9.17) is 9.47 Å². The van der Waals surface area contributed by atoms with Gasteiger partial charge in [-0.1, -0.05) is 13.8 Å². The van der Waals surface area contributed by atoms with Gasteiger partial charge in [-0.05, 0) is 44.3 Å². The molecule has 10 nitrogen and oxygen atoms in total. The molecular weight excluding hydrogens is 436 g/mol. The molecule has 2 aliphatic heterocycles. The summed E-state index contributed by atoms with van der Waals surface area (Å²) in [5, 5.41) is 2.84. The SMILES string of the molecule is CCN(CC)CCCNC(=O)CN1C(=O)COc2ccc(S(=O)(=O)N3CCOCC3)cc21. The molecule has 1 aromatic rings. The Bertz CT molecular complexity index is 913. The van der Waals surface area contributed by atoms with Gasteiger partial charge in [0, 0.05) is 19.6 Å². The van der Waals surface area contributed by atoms with Gasteiger partial charge in [0.15, 0.2) is 6.61 Å². The molecule has 1 fully saturated rings. The maximum atomic E-state index is 13.0. The number of anilines is 1. The highest BCUT2D eigenvalue weighted by atomic mass is 32.2. The number of rotatable bonds is 10. The molecule has 0 saturated carbocycles. The maximum Gasteiger partial charge on any atom is 0.265 e. The minimum atomic E-state index is -3.74. The Hall–Kier alpha value is -2.21. The van der Waals surface area contributed by atoms with E-state index in [0.29, 0.717) is 25.5 Å². The van der Waals surface area contributed by atoms with Crippen LogP contribution < -0.4 is 15.0 Å². The highest BCUT2D eigenvalue weighted by Gasteiger charge is 2.31. The molecule has 178 valence electrons. The van der Waals surface area contributed by atoms with Crippen molar-refractivity contribution in [2.45, 2.75) is 25.2 Å². The average molecular weight is 469 g/mol. The fourth-order valence-corrected chi connectivity index (χ4v) is 5.15. The zero-order chi connectivity index (χ0) is 23.1. The van der Waals surface area contributed by atoms with Crippen molar-refractivity contribution in [2.75, 3.05) is 70.5 Å². The van der Waals surface area contributed by atoms with Gasteiger partial charge in [0.05, 0.1) is 23.8 Å². The number of amides is 2. The monoisotopic (exact) mass is 468 g/mol. The molecule has 0 atom stereocenters. The second-order valence-electron chi connectivity index (χ2n) is 7.64. The molecule has 0 aromatic heterocycles. The molecule has 0 aliphatic carbocycles. The van der Waals surface area contributed by atoms with Crippen LogP contribution in [0.25, 0.3) is 0 Å². The molecular formula is C21H32N4O6S.